The molecule has 0 spiro atoms. The first-order valence-corrected chi connectivity index (χ1v) is 7.42. The maximum atomic E-state index is 12.0. The monoisotopic (exact) mass is 495 g/mol. The molecule has 0 aliphatic heterocycles. The molecule has 176 valence electrons. The molecule has 0 bridgehead atoms. The van der Waals surface area contributed by atoms with Crippen LogP contribution in [0.25, 0.3) is 0 Å². The van der Waals surface area contributed by atoms with Crippen molar-refractivity contribution in [2.75, 3.05) is 0 Å². The van der Waals surface area contributed by atoms with E-state index in [1.165, 1.54) is 0 Å². The molecule has 0 amide bonds. The SMILES string of the molecule is F[B-](F)(F)F.F[B-](F)(F)F.F[B-](F)(F)F.O=S(=O)(O)c1ccc(C(F)(F)F)cc1.[LiH]. The van der Waals surface area contributed by atoms with Gasteiger partial charge in [0, 0.05) is 0 Å². The van der Waals surface area contributed by atoms with Gasteiger partial charge >= 0.3 is 46.8 Å². The van der Waals surface area contributed by atoms with E-state index in [4.69, 9.17) is 4.55 Å². The molecule has 1 rings (SSSR count). The van der Waals surface area contributed by atoms with E-state index in [-0.39, 0.29) is 18.9 Å². The summed E-state index contributed by atoms with van der Waals surface area (Å²) >= 11 is 0. The number of halogens is 15. The minimum absolute atomic E-state index is 0. The van der Waals surface area contributed by atoms with Crippen LogP contribution in [0.4, 0.5) is 65.0 Å². The Labute approximate surface area is 170 Å². The van der Waals surface area contributed by atoms with Gasteiger partial charge in [0.05, 0.1) is 10.5 Å². The van der Waals surface area contributed by atoms with Gasteiger partial charge in [-0.2, -0.15) is 21.6 Å². The van der Waals surface area contributed by atoms with Crippen molar-refractivity contribution in [1.29, 1.82) is 0 Å². The molecule has 1 aromatic carbocycles. The molecule has 30 heavy (non-hydrogen) atoms. The topological polar surface area (TPSA) is 54.4 Å². The van der Waals surface area contributed by atoms with Crippen molar-refractivity contribution >= 4 is 50.7 Å². The Kier molecular flexibility index (Phi) is 16.1. The van der Waals surface area contributed by atoms with Gasteiger partial charge in [0.2, 0.25) is 0 Å². The van der Waals surface area contributed by atoms with Crippen LogP contribution in [0.5, 0.6) is 0 Å². The van der Waals surface area contributed by atoms with Crippen molar-refractivity contribution < 1.29 is 77.9 Å². The molecule has 0 heterocycles. The van der Waals surface area contributed by atoms with Gasteiger partial charge in [-0.15, -0.1) is 0 Å². The van der Waals surface area contributed by atoms with Crippen LogP contribution >= 0.6 is 0 Å². The van der Waals surface area contributed by atoms with Crippen molar-refractivity contribution in [3.8, 4) is 0 Å². The predicted octanol–water partition coefficient (Wildman–Crippen LogP) is 5.20. The summed E-state index contributed by atoms with van der Waals surface area (Å²) in [6.07, 6.45) is -4.52. The van der Waals surface area contributed by atoms with Crippen LogP contribution in [0, 0.1) is 0 Å². The summed E-state index contributed by atoms with van der Waals surface area (Å²) in [6, 6.07) is 2.56. The van der Waals surface area contributed by atoms with Gasteiger partial charge in [0.25, 0.3) is 10.1 Å². The van der Waals surface area contributed by atoms with Gasteiger partial charge in [-0.25, -0.2) is 0 Å². The molecule has 0 aliphatic carbocycles. The standard InChI is InChI=1S/C7H5F3O3S.3BF4.Li.H/c8-7(9,10)5-1-3-6(4-2-5)14(11,12)13;3*2-1(3,4)5;;/h1-4H,(H,11,12,13);;;;;/q;3*-1;;. The summed E-state index contributed by atoms with van der Waals surface area (Å²) in [6.45, 7) is 0. The molecule has 0 atom stereocenters. The first-order chi connectivity index (χ1) is 12.2. The van der Waals surface area contributed by atoms with E-state index in [0.717, 1.165) is 0 Å². The Balaban J connectivity index is -0.000000176. The van der Waals surface area contributed by atoms with Crippen LogP contribution < -0.4 is 0 Å². The molecule has 0 fully saturated rings. The van der Waals surface area contributed by atoms with Crippen LogP contribution in [0.1, 0.15) is 5.56 Å². The van der Waals surface area contributed by atoms with E-state index in [2.05, 4.69) is 0 Å². The molecule has 1 N–H and O–H groups in total. The van der Waals surface area contributed by atoms with Gasteiger partial charge in [-0.1, -0.05) is 0 Å². The number of rotatable bonds is 1. The van der Waals surface area contributed by atoms with Crippen LogP contribution in [-0.4, -0.2) is 53.6 Å². The summed E-state index contributed by atoms with van der Waals surface area (Å²) in [5, 5.41) is 0. The Morgan fingerprint density at radius 2 is 0.833 bits per heavy atom. The molecule has 0 saturated heterocycles. The first-order valence-electron chi connectivity index (χ1n) is 5.98. The van der Waals surface area contributed by atoms with Gasteiger partial charge in [-0.05, 0) is 24.3 Å². The average molecular weight is 495 g/mol. The molecule has 23 heteroatoms. The zero-order valence-corrected chi connectivity index (χ0v) is 13.7. The number of alkyl halides is 3. The third kappa shape index (κ3) is 41.3. The normalized spacial score (nSPS) is 12.0. The summed E-state index contributed by atoms with van der Waals surface area (Å²) in [5.41, 5.74) is -0.968. The van der Waals surface area contributed by atoms with Crippen LogP contribution in [-0.2, 0) is 16.3 Å². The van der Waals surface area contributed by atoms with Crippen LogP contribution in [0.2, 0.25) is 0 Å². The van der Waals surface area contributed by atoms with Crippen molar-refractivity contribution in [1.82, 2.24) is 0 Å². The molecule has 0 unspecified atom stereocenters. The fourth-order valence-corrected chi connectivity index (χ4v) is 1.30. The number of hydrogen-bond acceptors (Lipinski definition) is 2. The van der Waals surface area contributed by atoms with Crippen molar-refractivity contribution in [2.45, 2.75) is 11.1 Å². The number of hydrogen-bond donors (Lipinski definition) is 1. The second kappa shape index (κ2) is 13.3. The minimum atomic E-state index is -6.00. The van der Waals surface area contributed by atoms with E-state index in [1.807, 2.05) is 0 Å². The van der Waals surface area contributed by atoms with Crippen LogP contribution in [0.15, 0.2) is 29.2 Å². The number of benzene rings is 1. The zero-order chi connectivity index (χ0) is 24.5. The van der Waals surface area contributed by atoms with Gasteiger partial charge < -0.3 is 51.8 Å². The van der Waals surface area contributed by atoms with Gasteiger partial charge in [0.1, 0.15) is 0 Å². The third-order valence-corrected chi connectivity index (χ3v) is 2.35. The molecule has 0 aromatic heterocycles. The fourth-order valence-electron chi connectivity index (χ4n) is 0.816. The van der Waals surface area contributed by atoms with E-state index in [0.29, 0.717) is 24.3 Å². The average Bonchev–Trinajstić information content (AvgIpc) is 2.30. The Hall–Kier alpha value is -1.13. The second-order valence-electron chi connectivity index (χ2n) is 3.98. The molecule has 0 saturated carbocycles. The quantitative estimate of drug-likeness (QED) is 0.332. The van der Waals surface area contributed by atoms with E-state index in [9.17, 15) is 73.4 Å². The van der Waals surface area contributed by atoms with Crippen molar-refractivity contribution in [3.05, 3.63) is 29.8 Å². The van der Waals surface area contributed by atoms with Crippen molar-refractivity contribution in [2.24, 2.45) is 0 Å². The Morgan fingerprint density at radius 1 is 0.633 bits per heavy atom. The van der Waals surface area contributed by atoms with Crippen molar-refractivity contribution in [3.63, 3.8) is 0 Å². The molecular formula is C7H6B3F15LiO3S-3. The zero-order valence-electron chi connectivity index (χ0n) is 12.9. The first kappa shape index (κ1) is 36.3. The predicted molar refractivity (Wildman–Crippen MR) is 79.0 cm³/mol. The van der Waals surface area contributed by atoms with E-state index < -0.39 is 48.5 Å². The van der Waals surface area contributed by atoms with E-state index >= 15 is 0 Å². The second-order valence-corrected chi connectivity index (χ2v) is 5.40. The Morgan fingerprint density at radius 3 is 0.967 bits per heavy atom. The van der Waals surface area contributed by atoms with Gasteiger partial charge in [0.15, 0.2) is 0 Å². The summed E-state index contributed by atoms with van der Waals surface area (Å²) < 4.78 is 182. The molecular weight excluding hydrogens is 488 g/mol. The molecule has 1 aromatic rings. The maximum absolute atomic E-state index is 12.0. The van der Waals surface area contributed by atoms with Gasteiger partial charge in [-0.3, -0.25) is 4.55 Å². The fraction of sp³-hybridized carbons (Fsp3) is 0.143. The van der Waals surface area contributed by atoms with E-state index in [1.54, 1.807) is 0 Å². The molecule has 0 radical (unpaired) electrons. The molecule has 0 aliphatic rings. The van der Waals surface area contributed by atoms with Crippen LogP contribution in [0.3, 0.4) is 0 Å². The summed E-state index contributed by atoms with van der Waals surface area (Å²) in [4.78, 5) is -0.564. The molecule has 3 nitrogen and oxygen atoms in total. The Bertz CT molecular complexity index is 635. The third-order valence-electron chi connectivity index (χ3n) is 1.48. The summed E-state index contributed by atoms with van der Waals surface area (Å²) in [7, 11) is -22.4. The summed E-state index contributed by atoms with van der Waals surface area (Å²) in [5.74, 6) is 0.